The number of nitrogens with one attached hydrogen (secondary N) is 1. The molecule has 1 aliphatic heterocycles. The van der Waals surface area contributed by atoms with Gasteiger partial charge in [-0.3, -0.25) is 14.2 Å². The Morgan fingerprint density at radius 3 is 2.54 bits per heavy atom. The first kappa shape index (κ1) is 18.4. The summed E-state index contributed by atoms with van der Waals surface area (Å²) in [5.41, 5.74) is 1.46. The highest BCUT2D eigenvalue weighted by molar-refractivity contribution is 7.71. The topological polar surface area (TPSA) is 76.6 Å². The number of fused-ring (bicyclic) bond motifs is 1. The van der Waals surface area contributed by atoms with Gasteiger partial charge in [0.05, 0.1) is 36.9 Å². The van der Waals surface area contributed by atoms with Crippen molar-refractivity contribution < 1.29 is 14.3 Å². The van der Waals surface area contributed by atoms with Gasteiger partial charge < -0.3 is 19.4 Å². The standard InChI is InChI=1S/C20H19N3O4S/c1-26-15-5-3-14(4-6-15)23-19(25)16-7-2-13(12-17(16)21-20(23)28)18(24)22-8-10-27-11-9-22/h2-7,12H,8-11H2,1H3,(H,21,28). The minimum atomic E-state index is -0.241. The van der Waals surface area contributed by atoms with Crippen LogP contribution in [0.25, 0.3) is 16.6 Å². The Labute approximate surface area is 166 Å². The molecule has 3 aromatic rings. The van der Waals surface area contributed by atoms with E-state index in [2.05, 4.69) is 4.98 Å². The van der Waals surface area contributed by atoms with Crippen molar-refractivity contribution in [3.63, 3.8) is 0 Å². The van der Waals surface area contributed by atoms with Crippen LogP contribution in [0, 0.1) is 4.77 Å². The van der Waals surface area contributed by atoms with E-state index in [1.54, 1.807) is 54.5 Å². The van der Waals surface area contributed by atoms with Crippen LogP contribution >= 0.6 is 12.2 Å². The predicted octanol–water partition coefficient (Wildman–Crippen LogP) is 2.53. The first-order valence-corrected chi connectivity index (χ1v) is 9.30. The maximum Gasteiger partial charge on any atom is 0.266 e. The third kappa shape index (κ3) is 3.32. The van der Waals surface area contributed by atoms with Gasteiger partial charge >= 0.3 is 0 Å². The molecule has 1 aromatic heterocycles. The highest BCUT2D eigenvalue weighted by atomic mass is 32.1. The summed E-state index contributed by atoms with van der Waals surface area (Å²) in [6.07, 6.45) is 0. The molecule has 0 aliphatic carbocycles. The number of aromatic nitrogens is 2. The zero-order valence-corrected chi connectivity index (χ0v) is 16.1. The van der Waals surface area contributed by atoms with E-state index < -0.39 is 0 Å². The molecule has 4 rings (SSSR count). The number of carbonyl (C=O) groups is 1. The quantitative estimate of drug-likeness (QED) is 0.688. The highest BCUT2D eigenvalue weighted by Crippen LogP contribution is 2.17. The van der Waals surface area contributed by atoms with Gasteiger partial charge in [-0.15, -0.1) is 0 Å². The van der Waals surface area contributed by atoms with Gasteiger partial charge in [0.2, 0.25) is 0 Å². The van der Waals surface area contributed by atoms with Crippen LogP contribution in [0.15, 0.2) is 47.3 Å². The summed E-state index contributed by atoms with van der Waals surface area (Å²) in [6.45, 7) is 2.19. The lowest BCUT2D eigenvalue weighted by Crippen LogP contribution is -2.40. The molecule has 0 atom stereocenters. The van der Waals surface area contributed by atoms with E-state index in [0.29, 0.717) is 54.2 Å². The number of nitrogens with zero attached hydrogens (tertiary/aromatic N) is 2. The number of benzene rings is 2. The first-order chi connectivity index (χ1) is 13.6. The van der Waals surface area contributed by atoms with E-state index in [9.17, 15) is 9.59 Å². The second kappa shape index (κ2) is 7.57. The molecule has 144 valence electrons. The molecule has 1 saturated heterocycles. The molecule has 0 radical (unpaired) electrons. The smallest absolute Gasteiger partial charge is 0.266 e. The summed E-state index contributed by atoms with van der Waals surface area (Å²) in [7, 11) is 1.58. The molecular weight excluding hydrogens is 378 g/mol. The van der Waals surface area contributed by atoms with Gasteiger partial charge in [-0.25, -0.2) is 0 Å². The molecule has 1 aliphatic rings. The van der Waals surface area contributed by atoms with E-state index in [-0.39, 0.29) is 16.2 Å². The fraction of sp³-hybridized carbons (Fsp3) is 0.250. The molecule has 0 saturated carbocycles. The van der Waals surface area contributed by atoms with E-state index in [4.69, 9.17) is 21.7 Å². The molecule has 1 N–H and O–H groups in total. The summed E-state index contributed by atoms with van der Waals surface area (Å²) in [5.74, 6) is 0.614. The SMILES string of the molecule is COc1ccc(-n2c(=S)[nH]c3cc(C(=O)N4CCOCC4)ccc3c2=O)cc1. The van der Waals surface area contributed by atoms with E-state index in [1.165, 1.54) is 4.57 Å². The monoisotopic (exact) mass is 397 g/mol. The van der Waals surface area contributed by atoms with Crippen molar-refractivity contribution in [3.8, 4) is 11.4 Å². The number of ether oxygens (including phenoxy) is 2. The predicted molar refractivity (Wildman–Crippen MR) is 108 cm³/mol. The van der Waals surface area contributed by atoms with Crippen molar-refractivity contribution in [2.75, 3.05) is 33.4 Å². The van der Waals surface area contributed by atoms with Crippen LogP contribution in [0.5, 0.6) is 5.75 Å². The highest BCUT2D eigenvalue weighted by Gasteiger charge is 2.19. The number of amides is 1. The number of morpholine rings is 1. The fourth-order valence-corrected chi connectivity index (χ4v) is 3.56. The van der Waals surface area contributed by atoms with Gasteiger partial charge in [0.15, 0.2) is 4.77 Å². The maximum atomic E-state index is 13.0. The zero-order chi connectivity index (χ0) is 19.7. The Morgan fingerprint density at radius 1 is 1.14 bits per heavy atom. The van der Waals surface area contributed by atoms with Crippen molar-refractivity contribution in [3.05, 3.63) is 63.2 Å². The van der Waals surface area contributed by atoms with Crippen LogP contribution in [0.4, 0.5) is 0 Å². The second-order valence-electron chi connectivity index (χ2n) is 6.43. The lowest BCUT2D eigenvalue weighted by Gasteiger charge is -2.26. The van der Waals surface area contributed by atoms with Crippen LogP contribution in [0.1, 0.15) is 10.4 Å². The summed E-state index contributed by atoms with van der Waals surface area (Å²) in [4.78, 5) is 30.5. The Morgan fingerprint density at radius 2 is 1.86 bits per heavy atom. The molecule has 2 heterocycles. The molecular formula is C20H19N3O4S. The van der Waals surface area contributed by atoms with Gasteiger partial charge in [-0.2, -0.15) is 0 Å². The number of H-pyrrole nitrogens is 1. The van der Waals surface area contributed by atoms with Crippen LogP contribution in [-0.2, 0) is 4.74 Å². The molecule has 0 unspecified atom stereocenters. The minimum absolute atomic E-state index is 0.0798. The average Bonchev–Trinajstić information content (AvgIpc) is 2.74. The summed E-state index contributed by atoms with van der Waals surface area (Å²) in [6, 6.07) is 12.1. The van der Waals surface area contributed by atoms with Crippen molar-refractivity contribution in [2.24, 2.45) is 0 Å². The molecule has 0 bridgehead atoms. The Balaban J connectivity index is 1.76. The van der Waals surface area contributed by atoms with Crippen LogP contribution < -0.4 is 10.3 Å². The molecule has 8 heteroatoms. The molecule has 7 nitrogen and oxygen atoms in total. The van der Waals surface area contributed by atoms with Crippen LogP contribution in [0.2, 0.25) is 0 Å². The van der Waals surface area contributed by atoms with Crippen molar-refractivity contribution in [2.45, 2.75) is 0 Å². The third-order valence-corrected chi connectivity index (χ3v) is 5.06. The summed E-state index contributed by atoms with van der Waals surface area (Å²) < 4.78 is 12.1. The molecule has 1 fully saturated rings. The number of methoxy groups -OCH3 is 1. The lowest BCUT2D eigenvalue weighted by molar-refractivity contribution is 0.0303. The molecule has 1 amide bonds. The first-order valence-electron chi connectivity index (χ1n) is 8.89. The lowest BCUT2D eigenvalue weighted by atomic mass is 10.1. The maximum absolute atomic E-state index is 13.0. The summed E-state index contributed by atoms with van der Waals surface area (Å²) >= 11 is 5.41. The summed E-state index contributed by atoms with van der Waals surface area (Å²) in [5, 5.41) is 0.461. The third-order valence-electron chi connectivity index (χ3n) is 4.77. The molecule has 28 heavy (non-hydrogen) atoms. The van der Waals surface area contributed by atoms with Gasteiger partial charge in [-0.1, -0.05) is 0 Å². The van der Waals surface area contributed by atoms with E-state index in [0.717, 1.165) is 0 Å². The Kier molecular flexibility index (Phi) is 4.97. The second-order valence-corrected chi connectivity index (χ2v) is 6.82. The van der Waals surface area contributed by atoms with Crippen LogP contribution in [0.3, 0.4) is 0 Å². The number of carbonyl (C=O) groups excluding carboxylic acids is 1. The van der Waals surface area contributed by atoms with Gasteiger partial charge in [-0.05, 0) is 54.7 Å². The molecule has 0 spiro atoms. The van der Waals surface area contributed by atoms with E-state index in [1.807, 2.05) is 0 Å². The number of hydrogen-bond acceptors (Lipinski definition) is 5. The van der Waals surface area contributed by atoms with Crippen LogP contribution in [-0.4, -0.2) is 53.8 Å². The number of hydrogen-bond donors (Lipinski definition) is 1. The number of rotatable bonds is 3. The van der Waals surface area contributed by atoms with Gasteiger partial charge in [0.1, 0.15) is 5.75 Å². The van der Waals surface area contributed by atoms with Gasteiger partial charge in [0, 0.05) is 18.7 Å². The van der Waals surface area contributed by atoms with Crippen molar-refractivity contribution in [1.82, 2.24) is 14.5 Å². The molecule has 2 aromatic carbocycles. The normalized spacial score (nSPS) is 14.2. The fourth-order valence-electron chi connectivity index (χ4n) is 3.27. The Hall–Kier alpha value is -2.97. The largest absolute Gasteiger partial charge is 0.497 e. The average molecular weight is 397 g/mol. The van der Waals surface area contributed by atoms with Crippen molar-refractivity contribution >= 4 is 29.0 Å². The Bertz CT molecular complexity index is 1140. The minimum Gasteiger partial charge on any atom is -0.497 e. The van der Waals surface area contributed by atoms with Crippen molar-refractivity contribution in [1.29, 1.82) is 0 Å². The number of aromatic amines is 1. The zero-order valence-electron chi connectivity index (χ0n) is 15.3. The van der Waals surface area contributed by atoms with E-state index >= 15 is 0 Å². The van der Waals surface area contributed by atoms with Gasteiger partial charge in [0.25, 0.3) is 11.5 Å².